The molecule has 0 aromatic rings. The van der Waals surface area contributed by atoms with Gasteiger partial charge in [0.05, 0.1) is 0 Å². The van der Waals surface area contributed by atoms with E-state index in [2.05, 4.69) is 0 Å². The summed E-state index contributed by atoms with van der Waals surface area (Å²) in [6, 6.07) is 0. The first-order valence-electron chi connectivity index (χ1n) is 5.91. The van der Waals surface area contributed by atoms with Crippen LogP contribution in [-0.4, -0.2) is 11.4 Å². The average Bonchev–Trinajstić information content (AvgIpc) is 2.51. The van der Waals surface area contributed by atoms with Gasteiger partial charge < -0.3 is 10.8 Å². The van der Waals surface area contributed by atoms with Crippen molar-refractivity contribution in [3.63, 3.8) is 0 Å². The van der Waals surface area contributed by atoms with Crippen LogP contribution in [0, 0.1) is 10.8 Å². The zero-order valence-electron chi connectivity index (χ0n) is 9.07. The minimum atomic E-state index is 0.954. The van der Waals surface area contributed by atoms with Crippen LogP contribution >= 0.6 is 0 Å². The summed E-state index contributed by atoms with van der Waals surface area (Å²) in [7, 11) is 0. The summed E-state index contributed by atoms with van der Waals surface area (Å²) in [6.07, 6.45) is 12.0. The molecule has 80 valence electrons. The molecular weight excluding hydrogens is 172 g/mol. The molecule has 14 heavy (non-hydrogen) atoms. The van der Waals surface area contributed by atoms with E-state index < -0.39 is 0 Å². The van der Waals surface area contributed by atoms with E-state index in [-0.39, 0.29) is 0 Å². The molecule has 0 amide bonds. The molecule has 0 spiro atoms. The highest BCUT2D eigenvalue weighted by Crippen LogP contribution is 2.13. The highest BCUT2D eigenvalue weighted by Gasteiger charge is 2.03. The van der Waals surface area contributed by atoms with Gasteiger partial charge in [0.25, 0.3) is 0 Å². The molecule has 0 aromatic heterocycles. The molecule has 2 aliphatic carbocycles. The van der Waals surface area contributed by atoms with Crippen molar-refractivity contribution in [1.82, 2.24) is 0 Å². The van der Waals surface area contributed by atoms with Crippen molar-refractivity contribution in [1.29, 1.82) is 10.8 Å². The van der Waals surface area contributed by atoms with Gasteiger partial charge in [0, 0.05) is 11.4 Å². The summed E-state index contributed by atoms with van der Waals surface area (Å²) < 4.78 is 0. The maximum absolute atomic E-state index is 7.33. The second-order valence-corrected chi connectivity index (χ2v) is 4.33. The lowest BCUT2D eigenvalue weighted by molar-refractivity contribution is 0.702. The van der Waals surface area contributed by atoms with Crippen LogP contribution in [-0.2, 0) is 0 Å². The van der Waals surface area contributed by atoms with Gasteiger partial charge in [-0.2, -0.15) is 0 Å². The summed E-state index contributed by atoms with van der Waals surface area (Å²) in [6.45, 7) is 0. The Labute approximate surface area is 87.1 Å². The Morgan fingerprint density at radius 3 is 1.07 bits per heavy atom. The summed E-state index contributed by atoms with van der Waals surface area (Å²) in [5.74, 6) is 0. The standard InChI is InChI=1S/C7H13N.C5H9N/c8-7-5-3-1-2-4-6-7;6-5-3-1-2-4-5/h8H,1-6H2;6H,1-4H2. The fourth-order valence-electron chi connectivity index (χ4n) is 1.96. The Balaban J connectivity index is 0.000000146. The van der Waals surface area contributed by atoms with E-state index in [0.29, 0.717) is 0 Å². The first-order chi connectivity index (χ1) is 6.79. The zero-order chi connectivity index (χ0) is 10.2. The third-order valence-electron chi connectivity index (χ3n) is 2.91. The smallest absolute Gasteiger partial charge is 0.00891 e. The number of nitrogens with one attached hydrogen (secondary N) is 2. The molecule has 0 radical (unpaired) electrons. The Hall–Kier alpha value is -0.660. The fourth-order valence-corrected chi connectivity index (χ4v) is 1.96. The molecule has 2 aliphatic rings. The molecule has 0 aliphatic heterocycles. The molecule has 2 N–H and O–H groups in total. The summed E-state index contributed by atoms with van der Waals surface area (Å²) >= 11 is 0. The van der Waals surface area contributed by atoms with Gasteiger partial charge >= 0.3 is 0 Å². The topological polar surface area (TPSA) is 47.7 Å². The Morgan fingerprint density at radius 2 is 0.786 bits per heavy atom. The van der Waals surface area contributed by atoms with Crippen LogP contribution in [0.3, 0.4) is 0 Å². The minimum absolute atomic E-state index is 0.954. The molecule has 0 unspecified atom stereocenters. The van der Waals surface area contributed by atoms with Gasteiger partial charge in [-0.15, -0.1) is 0 Å². The molecule has 0 atom stereocenters. The largest absolute Gasteiger partial charge is 0.310 e. The normalized spacial score (nSPS) is 22.6. The summed E-state index contributed by atoms with van der Waals surface area (Å²) in [5, 5.41) is 14.4. The molecule has 2 saturated carbocycles. The quantitative estimate of drug-likeness (QED) is 0.549. The van der Waals surface area contributed by atoms with Gasteiger partial charge in [0.2, 0.25) is 0 Å². The Kier molecular flexibility index (Phi) is 5.50. The van der Waals surface area contributed by atoms with Crippen LogP contribution in [0.1, 0.15) is 64.2 Å². The van der Waals surface area contributed by atoms with Crippen molar-refractivity contribution in [2.24, 2.45) is 0 Å². The molecule has 0 heterocycles. The second-order valence-electron chi connectivity index (χ2n) is 4.33. The van der Waals surface area contributed by atoms with E-state index in [1.54, 1.807) is 0 Å². The lowest BCUT2D eigenvalue weighted by Crippen LogP contribution is -1.90. The van der Waals surface area contributed by atoms with Gasteiger partial charge in [-0.25, -0.2) is 0 Å². The Morgan fingerprint density at radius 1 is 0.500 bits per heavy atom. The van der Waals surface area contributed by atoms with Gasteiger partial charge in [0.15, 0.2) is 0 Å². The van der Waals surface area contributed by atoms with Crippen LogP contribution in [0.5, 0.6) is 0 Å². The van der Waals surface area contributed by atoms with Crippen molar-refractivity contribution in [3.05, 3.63) is 0 Å². The molecule has 2 rings (SSSR count). The first kappa shape index (κ1) is 11.4. The monoisotopic (exact) mass is 194 g/mol. The third kappa shape index (κ3) is 5.15. The molecule has 0 aromatic carbocycles. The number of rotatable bonds is 0. The molecule has 0 bridgehead atoms. The van der Waals surface area contributed by atoms with Crippen molar-refractivity contribution in [2.75, 3.05) is 0 Å². The van der Waals surface area contributed by atoms with Crippen molar-refractivity contribution >= 4 is 11.4 Å². The third-order valence-corrected chi connectivity index (χ3v) is 2.91. The number of hydrogen-bond acceptors (Lipinski definition) is 2. The number of hydrogen-bond donors (Lipinski definition) is 2. The van der Waals surface area contributed by atoms with E-state index in [0.717, 1.165) is 37.1 Å². The first-order valence-corrected chi connectivity index (χ1v) is 5.91. The second kappa shape index (κ2) is 6.74. The van der Waals surface area contributed by atoms with Crippen molar-refractivity contribution in [3.8, 4) is 0 Å². The molecule has 2 heteroatoms. The van der Waals surface area contributed by atoms with Gasteiger partial charge in [-0.3, -0.25) is 0 Å². The van der Waals surface area contributed by atoms with Crippen LogP contribution < -0.4 is 0 Å². The van der Waals surface area contributed by atoms with Gasteiger partial charge in [0.1, 0.15) is 0 Å². The van der Waals surface area contributed by atoms with Crippen molar-refractivity contribution in [2.45, 2.75) is 64.2 Å². The van der Waals surface area contributed by atoms with Crippen LogP contribution in [0.2, 0.25) is 0 Å². The zero-order valence-corrected chi connectivity index (χ0v) is 9.07. The molecular formula is C12H22N2. The lowest BCUT2D eigenvalue weighted by atomic mass is 10.2. The predicted molar refractivity (Wildman–Crippen MR) is 61.6 cm³/mol. The van der Waals surface area contributed by atoms with Crippen molar-refractivity contribution < 1.29 is 0 Å². The molecule has 2 fully saturated rings. The molecule has 2 nitrogen and oxygen atoms in total. The van der Waals surface area contributed by atoms with Crippen LogP contribution in [0.25, 0.3) is 0 Å². The van der Waals surface area contributed by atoms with Gasteiger partial charge in [-0.1, -0.05) is 12.8 Å². The summed E-state index contributed by atoms with van der Waals surface area (Å²) in [4.78, 5) is 0. The van der Waals surface area contributed by atoms with E-state index >= 15 is 0 Å². The van der Waals surface area contributed by atoms with E-state index in [1.165, 1.54) is 38.5 Å². The maximum atomic E-state index is 7.33. The van der Waals surface area contributed by atoms with Crippen LogP contribution in [0.4, 0.5) is 0 Å². The lowest BCUT2D eigenvalue weighted by Gasteiger charge is -1.91. The fraction of sp³-hybridized carbons (Fsp3) is 0.833. The van der Waals surface area contributed by atoms with Crippen LogP contribution in [0.15, 0.2) is 0 Å². The van der Waals surface area contributed by atoms with E-state index in [9.17, 15) is 0 Å². The minimum Gasteiger partial charge on any atom is -0.310 e. The van der Waals surface area contributed by atoms with E-state index in [4.69, 9.17) is 10.8 Å². The molecule has 0 saturated heterocycles. The summed E-state index contributed by atoms with van der Waals surface area (Å²) in [5.41, 5.74) is 1.93. The predicted octanol–water partition coefficient (Wildman–Crippen LogP) is 3.94. The van der Waals surface area contributed by atoms with Gasteiger partial charge in [-0.05, 0) is 51.4 Å². The highest BCUT2D eigenvalue weighted by molar-refractivity contribution is 5.82. The Bertz CT molecular complexity index is 178. The van der Waals surface area contributed by atoms with E-state index in [1.807, 2.05) is 0 Å². The SMILES string of the molecule is N=C1CCCC1.N=C1CCCCCC1. The average molecular weight is 194 g/mol. The maximum Gasteiger partial charge on any atom is 0.00891 e. The highest BCUT2D eigenvalue weighted by atomic mass is 14.4.